The van der Waals surface area contributed by atoms with Crippen molar-refractivity contribution in [3.63, 3.8) is 0 Å². The van der Waals surface area contributed by atoms with E-state index in [-0.39, 0.29) is 28.6 Å². The van der Waals surface area contributed by atoms with Crippen LogP contribution >= 0.6 is 0 Å². The molecule has 27 heavy (non-hydrogen) atoms. The Morgan fingerprint density at radius 2 is 1.59 bits per heavy atom. The summed E-state index contributed by atoms with van der Waals surface area (Å²) in [4.78, 5) is 53.4. The number of piperidine rings is 1. The highest BCUT2D eigenvalue weighted by atomic mass is 16.7. The fourth-order valence-corrected chi connectivity index (χ4v) is 3.29. The van der Waals surface area contributed by atoms with Crippen LogP contribution in [0.2, 0.25) is 0 Å². The van der Waals surface area contributed by atoms with Crippen molar-refractivity contribution in [2.24, 2.45) is 0 Å². The lowest BCUT2D eigenvalue weighted by Gasteiger charge is -2.23. The van der Waals surface area contributed by atoms with Gasteiger partial charge < -0.3 is 10.2 Å². The molecule has 0 aliphatic carbocycles. The quantitative estimate of drug-likeness (QED) is 0.844. The van der Waals surface area contributed by atoms with Gasteiger partial charge in [0.15, 0.2) is 0 Å². The first kappa shape index (κ1) is 17.0. The second-order valence-electron chi connectivity index (χ2n) is 6.46. The number of carbonyl (C=O) groups excluding carboxylic acids is 4. The van der Waals surface area contributed by atoms with E-state index in [1.807, 2.05) is 0 Å². The molecular formula is C20H16N2O5. The molecule has 1 fully saturated rings. The number of hydrogen-bond donors (Lipinski definition) is 1. The highest BCUT2D eigenvalue weighted by molar-refractivity contribution is 6.21. The number of imide groups is 1. The van der Waals surface area contributed by atoms with Crippen molar-refractivity contribution in [3.8, 4) is 0 Å². The molecule has 0 radical (unpaired) electrons. The summed E-state index contributed by atoms with van der Waals surface area (Å²) in [5.41, 5.74) is 1.51. The van der Waals surface area contributed by atoms with Crippen molar-refractivity contribution < 1.29 is 24.0 Å². The van der Waals surface area contributed by atoms with E-state index in [1.54, 1.807) is 36.4 Å². The van der Waals surface area contributed by atoms with E-state index < -0.39 is 17.8 Å². The molecule has 2 aliphatic heterocycles. The number of rotatable bonds is 3. The Bertz CT molecular complexity index is 916. The Labute approximate surface area is 154 Å². The van der Waals surface area contributed by atoms with Crippen LogP contribution in [-0.4, -0.2) is 28.8 Å². The van der Waals surface area contributed by atoms with E-state index in [1.165, 1.54) is 12.1 Å². The molecule has 136 valence electrons. The lowest BCUT2D eigenvalue weighted by molar-refractivity contribution is -0.123. The number of nitrogens with one attached hydrogen (secondary N) is 1. The Morgan fingerprint density at radius 1 is 0.963 bits per heavy atom. The maximum Gasteiger partial charge on any atom is 0.363 e. The Balaban J connectivity index is 1.47. The molecule has 1 atom stereocenters. The predicted molar refractivity (Wildman–Crippen MR) is 93.5 cm³/mol. The van der Waals surface area contributed by atoms with Crippen LogP contribution in [-0.2, 0) is 9.63 Å². The third-order valence-corrected chi connectivity index (χ3v) is 4.71. The molecule has 0 bridgehead atoms. The molecule has 1 unspecified atom stereocenters. The van der Waals surface area contributed by atoms with Crippen molar-refractivity contribution in [2.75, 3.05) is 0 Å². The minimum Gasteiger partial charge on any atom is -0.349 e. The summed E-state index contributed by atoms with van der Waals surface area (Å²) < 4.78 is 0. The van der Waals surface area contributed by atoms with Gasteiger partial charge in [0.25, 0.3) is 11.8 Å². The van der Waals surface area contributed by atoms with Crippen LogP contribution in [0.1, 0.15) is 61.9 Å². The third-order valence-electron chi connectivity index (χ3n) is 4.71. The van der Waals surface area contributed by atoms with Crippen LogP contribution in [0.15, 0.2) is 48.5 Å². The average molecular weight is 364 g/mol. The zero-order chi connectivity index (χ0) is 19.0. The third kappa shape index (κ3) is 3.08. The monoisotopic (exact) mass is 364 g/mol. The van der Waals surface area contributed by atoms with Gasteiger partial charge >= 0.3 is 5.97 Å². The predicted octanol–water partition coefficient (Wildman–Crippen LogP) is 2.40. The van der Waals surface area contributed by atoms with E-state index >= 15 is 0 Å². The van der Waals surface area contributed by atoms with Crippen molar-refractivity contribution in [2.45, 2.75) is 25.3 Å². The SMILES string of the molecule is O=C1CCCC(c2ccc(C(=O)ON3C(=O)c4ccccc4C3=O)cc2)N1. The summed E-state index contributed by atoms with van der Waals surface area (Å²) in [6, 6.07) is 12.8. The van der Waals surface area contributed by atoms with Crippen molar-refractivity contribution in [1.29, 1.82) is 0 Å². The summed E-state index contributed by atoms with van der Waals surface area (Å²) in [5, 5.41) is 3.40. The van der Waals surface area contributed by atoms with Gasteiger partial charge in [0.05, 0.1) is 22.7 Å². The molecule has 3 amide bonds. The van der Waals surface area contributed by atoms with Crippen molar-refractivity contribution in [1.82, 2.24) is 10.4 Å². The highest BCUT2D eigenvalue weighted by Crippen LogP contribution is 2.25. The lowest BCUT2D eigenvalue weighted by Crippen LogP contribution is -2.33. The van der Waals surface area contributed by atoms with Crippen LogP contribution in [0, 0.1) is 0 Å². The molecular weight excluding hydrogens is 348 g/mol. The molecule has 1 N–H and O–H groups in total. The molecule has 0 saturated carbocycles. The summed E-state index contributed by atoms with van der Waals surface area (Å²) in [5.74, 6) is -2.11. The molecule has 2 aromatic carbocycles. The number of nitrogens with zero attached hydrogens (tertiary/aromatic N) is 1. The molecule has 7 heteroatoms. The zero-order valence-electron chi connectivity index (χ0n) is 14.3. The molecule has 2 heterocycles. The van der Waals surface area contributed by atoms with E-state index in [0.717, 1.165) is 18.4 Å². The molecule has 2 aliphatic rings. The Kier molecular flexibility index (Phi) is 4.19. The molecule has 4 rings (SSSR count). The number of fused-ring (bicyclic) bond motifs is 1. The first-order valence-corrected chi connectivity index (χ1v) is 8.64. The zero-order valence-corrected chi connectivity index (χ0v) is 14.3. The maximum atomic E-state index is 12.3. The summed E-state index contributed by atoms with van der Waals surface area (Å²) in [6.07, 6.45) is 2.19. The van der Waals surface area contributed by atoms with E-state index in [2.05, 4.69) is 5.32 Å². The second-order valence-corrected chi connectivity index (χ2v) is 6.46. The molecule has 2 aromatic rings. The summed E-state index contributed by atoms with van der Waals surface area (Å²) >= 11 is 0. The molecule has 7 nitrogen and oxygen atoms in total. The molecule has 0 spiro atoms. The first-order valence-electron chi connectivity index (χ1n) is 8.64. The number of carbonyl (C=O) groups is 4. The van der Waals surface area contributed by atoms with Gasteiger partial charge in [-0.2, -0.15) is 0 Å². The van der Waals surface area contributed by atoms with Crippen LogP contribution in [0.3, 0.4) is 0 Å². The number of hydrogen-bond acceptors (Lipinski definition) is 5. The fraction of sp³-hybridized carbons (Fsp3) is 0.200. The minimum absolute atomic E-state index is 0.0142. The average Bonchev–Trinajstić information content (AvgIpc) is 2.93. The maximum absolute atomic E-state index is 12.3. The van der Waals surface area contributed by atoms with Crippen LogP contribution in [0.4, 0.5) is 0 Å². The number of hydroxylamine groups is 2. The van der Waals surface area contributed by atoms with Crippen LogP contribution in [0.25, 0.3) is 0 Å². The summed E-state index contributed by atoms with van der Waals surface area (Å²) in [7, 11) is 0. The normalized spacial score (nSPS) is 18.9. The van der Waals surface area contributed by atoms with E-state index in [9.17, 15) is 19.2 Å². The Morgan fingerprint density at radius 3 is 2.19 bits per heavy atom. The topological polar surface area (TPSA) is 92.8 Å². The number of benzene rings is 2. The second kappa shape index (κ2) is 6.68. The largest absolute Gasteiger partial charge is 0.363 e. The van der Waals surface area contributed by atoms with Gasteiger partial charge in [0.2, 0.25) is 5.91 Å². The fourth-order valence-electron chi connectivity index (χ4n) is 3.29. The highest BCUT2D eigenvalue weighted by Gasteiger charge is 2.38. The van der Waals surface area contributed by atoms with Crippen molar-refractivity contribution >= 4 is 23.7 Å². The standard InChI is InChI=1S/C20H16N2O5/c23-17-7-3-6-16(21-17)12-8-10-13(11-9-12)20(26)27-22-18(24)14-4-1-2-5-15(14)19(22)25/h1-2,4-5,8-11,16H,3,6-7H2,(H,21,23). The Hall–Kier alpha value is -3.48. The first-order chi connectivity index (χ1) is 13.0. The van der Waals surface area contributed by atoms with Crippen LogP contribution in [0.5, 0.6) is 0 Å². The van der Waals surface area contributed by atoms with Gasteiger partial charge in [0.1, 0.15) is 0 Å². The van der Waals surface area contributed by atoms with Gasteiger partial charge in [-0.15, -0.1) is 0 Å². The minimum atomic E-state index is -0.802. The summed E-state index contributed by atoms with van der Waals surface area (Å²) in [6.45, 7) is 0. The van der Waals surface area contributed by atoms with E-state index in [0.29, 0.717) is 11.5 Å². The van der Waals surface area contributed by atoms with Gasteiger partial charge in [0, 0.05) is 6.42 Å². The van der Waals surface area contributed by atoms with E-state index in [4.69, 9.17) is 4.84 Å². The number of amides is 3. The van der Waals surface area contributed by atoms with Gasteiger partial charge in [-0.3, -0.25) is 14.4 Å². The van der Waals surface area contributed by atoms with Crippen LogP contribution < -0.4 is 5.32 Å². The van der Waals surface area contributed by atoms with Gasteiger partial charge in [-0.25, -0.2) is 4.79 Å². The molecule has 0 aromatic heterocycles. The smallest absolute Gasteiger partial charge is 0.349 e. The molecule has 1 saturated heterocycles. The van der Waals surface area contributed by atoms with Gasteiger partial charge in [-0.1, -0.05) is 29.3 Å². The van der Waals surface area contributed by atoms with Gasteiger partial charge in [-0.05, 0) is 42.7 Å². The lowest BCUT2D eigenvalue weighted by atomic mass is 9.96. The van der Waals surface area contributed by atoms with Crippen molar-refractivity contribution in [3.05, 3.63) is 70.8 Å².